The van der Waals surface area contributed by atoms with Crippen LogP contribution in [0.1, 0.15) is 12.6 Å². The number of rotatable bonds is 7. The van der Waals surface area contributed by atoms with E-state index < -0.39 is 10.0 Å². The standard InChI is InChI=1S/C13H18N4O3S/c1-11(9-21(18,19)15-10-17(2)3)8-20-13-6-4-5-12(7-14)16-13/h4-6,10-11H,8-9H2,1-3H3/b15-10+. The van der Waals surface area contributed by atoms with Gasteiger partial charge in [-0.3, -0.25) is 0 Å². The summed E-state index contributed by atoms with van der Waals surface area (Å²) in [4.78, 5) is 5.50. The molecule has 1 aromatic rings. The quantitative estimate of drug-likeness (QED) is 0.548. The Balaban J connectivity index is 2.54. The van der Waals surface area contributed by atoms with Gasteiger partial charge in [0, 0.05) is 26.1 Å². The Morgan fingerprint density at radius 2 is 2.24 bits per heavy atom. The van der Waals surface area contributed by atoms with Crippen molar-refractivity contribution in [3.8, 4) is 11.9 Å². The van der Waals surface area contributed by atoms with Crippen molar-refractivity contribution in [1.29, 1.82) is 5.26 Å². The van der Waals surface area contributed by atoms with E-state index in [2.05, 4.69) is 9.38 Å². The average Bonchev–Trinajstić information content (AvgIpc) is 2.43. The number of hydrogen-bond acceptors (Lipinski definition) is 5. The van der Waals surface area contributed by atoms with Gasteiger partial charge in [0.15, 0.2) is 0 Å². The molecule has 0 aromatic carbocycles. The van der Waals surface area contributed by atoms with Gasteiger partial charge < -0.3 is 9.64 Å². The predicted molar refractivity (Wildman–Crippen MR) is 79.6 cm³/mol. The van der Waals surface area contributed by atoms with Gasteiger partial charge in [-0.05, 0) is 6.07 Å². The van der Waals surface area contributed by atoms with Gasteiger partial charge in [-0.25, -0.2) is 13.4 Å². The van der Waals surface area contributed by atoms with Crippen molar-refractivity contribution in [2.24, 2.45) is 10.3 Å². The third-order valence-corrected chi connectivity index (χ3v) is 3.69. The summed E-state index contributed by atoms with van der Waals surface area (Å²) in [6.45, 7) is 1.93. The van der Waals surface area contributed by atoms with Crippen molar-refractivity contribution in [2.45, 2.75) is 6.92 Å². The molecule has 0 aliphatic heterocycles. The first-order valence-electron chi connectivity index (χ1n) is 6.27. The summed E-state index contributed by atoms with van der Waals surface area (Å²) < 4.78 is 32.4. The van der Waals surface area contributed by atoms with Gasteiger partial charge in [0.1, 0.15) is 18.1 Å². The summed E-state index contributed by atoms with van der Waals surface area (Å²) in [5.74, 6) is -0.0631. The van der Waals surface area contributed by atoms with Crippen LogP contribution in [0.3, 0.4) is 0 Å². The van der Waals surface area contributed by atoms with Gasteiger partial charge in [-0.2, -0.15) is 9.66 Å². The van der Waals surface area contributed by atoms with E-state index in [4.69, 9.17) is 10.00 Å². The lowest BCUT2D eigenvalue weighted by Crippen LogP contribution is -2.20. The molecule has 0 bridgehead atoms. The average molecular weight is 310 g/mol. The summed E-state index contributed by atoms with van der Waals surface area (Å²) >= 11 is 0. The van der Waals surface area contributed by atoms with Gasteiger partial charge in [-0.15, -0.1) is 0 Å². The first-order valence-corrected chi connectivity index (χ1v) is 7.88. The molecule has 114 valence electrons. The molecular formula is C13H18N4O3S. The molecular weight excluding hydrogens is 292 g/mol. The molecule has 8 heteroatoms. The molecule has 21 heavy (non-hydrogen) atoms. The maximum Gasteiger partial charge on any atom is 0.254 e. The second-order valence-corrected chi connectivity index (χ2v) is 6.53. The fourth-order valence-corrected chi connectivity index (χ4v) is 2.64. The van der Waals surface area contributed by atoms with Crippen LogP contribution < -0.4 is 4.74 Å². The van der Waals surface area contributed by atoms with E-state index in [1.807, 2.05) is 6.07 Å². The summed E-state index contributed by atoms with van der Waals surface area (Å²) in [5, 5.41) is 8.73. The zero-order chi connectivity index (χ0) is 15.9. The van der Waals surface area contributed by atoms with Crippen molar-refractivity contribution in [2.75, 3.05) is 26.5 Å². The minimum Gasteiger partial charge on any atom is -0.477 e. The molecule has 0 amide bonds. The molecule has 0 radical (unpaired) electrons. The number of nitriles is 1. The molecule has 0 aliphatic rings. The number of ether oxygens (including phenoxy) is 1. The molecule has 0 fully saturated rings. The van der Waals surface area contributed by atoms with Gasteiger partial charge in [0.05, 0.1) is 12.4 Å². The monoisotopic (exact) mass is 310 g/mol. The lowest BCUT2D eigenvalue weighted by Gasteiger charge is -2.11. The topological polar surface area (TPSA) is 95.6 Å². The van der Waals surface area contributed by atoms with Crippen LogP contribution in [0.4, 0.5) is 0 Å². The van der Waals surface area contributed by atoms with E-state index >= 15 is 0 Å². The Kier molecular flexibility index (Phi) is 6.11. The summed E-state index contributed by atoms with van der Waals surface area (Å²) in [6.07, 6.45) is 1.25. The third kappa shape index (κ3) is 6.72. The summed E-state index contributed by atoms with van der Waals surface area (Å²) in [7, 11) is -0.130. The molecule has 0 spiro atoms. The molecule has 1 heterocycles. The van der Waals surface area contributed by atoms with Crippen LogP contribution in [0.2, 0.25) is 0 Å². The summed E-state index contributed by atoms with van der Waals surface area (Å²) in [6, 6.07) is 6.75. The van der Waals surface area contributed by atoms with Gasteiger partial charge in [0.25, 0.3) is 10.0 Å². The Morgan fingerprint density at radius 3 is 2.86 bits per heavy atom. The Bertz CT molecular complexity index is 635. The van der Waals surface area contributed by atoms with Gasteiger partial charge >= 0.3 is 0 Å². The van der Waals surface area contributed by atoms with Crippen molar-refractivity contribution >= 4 is 16.4 Å². The molecule has 0 aliphatic carbocycles. The number of sulfonamides is 1. The maximum atomic E-state index is 11.7. The molecule has 0 N–H and O–H groups in total. The number of aromatic nitrogens is 1. The van der Waals surface area contributed by atoms with Crippen LogP contribution in [0.25, 0.3) is 0 Å². The smallest absolute Gasteiger partial charge is 0.254 e. The molecule has 1 aromatic heterocycles. The summed E-state index contributed by atoms with van der Waals surface area (Å²) in [5.41, 5.74) is 0.253. The van der Waals surface area contributed by atoms with E-state index in [1.54, 1.807) is 44.1 Å². The van der Waals surface area contributed by atoms with E-state index in [9.17, 15) is 8.42 Å². The van der Waals surface area contributed by atoms with E-state index in [0.29, 0.717) is 5.88 Å². The Morgan fingerprint density at radius 1 is 1.52 bits per heavy atom. The lowest BCUT2D eigenvalue weighted by atomic mass is 10.2. The second-order valence-electron chi connectivity index (χ2n) is 4.82. The van der Waals surface area contributed by atoms with Crippen LogP contribution in [-0.4, -0.2) is 51.1 Å². The lowest BCUT2D eigenvalue weighted by molar-refractivity contribution is 0.262. The fraction of sp³-hybridized carbons (Fsp3) is 0.462. The zero-order valence-electron chi connectivity index (χ0n) is 12.2. The van der Waals surface area contributed by atoms with E-state index in [1.165, 1.54) is 6.34 Å². The van der Waals surface area contributed by atoms with Crippen molar-refractivity contribution < 1.29 is 13.2 Å². The molecule has 0 saturated heterocycles. The van der Waals surface area contributed by atoms with Crippen molar-refractivity contribution in [1.82, 2.24) is 9.88 Å². The zero-order valence-corrected chi connectivity index (χ0v) is 13.0. The molecule has 1 atom stereocenters. The minimum absolute atomic E-state index is 0.116. The van der Waals surface area contributed by atoms with Gasteiger partial charge in [-0.1, -0.05) is 13.0 Å². The van der Waals surface area contributed by atoms with E-state index in [0.717, 1.165) is 0 Å². The van der Waals surface area contributed by atoms with E-state index in [-0.39, 0.29) is 24.0 Å². The van der Waals surface area contributed by atoms with Crippen LogP contribution in [0.5, 0.6) is 5.88 Å². The normalized spacial score (nSPS) is 12.9. The largest absolute Gasteiger partial charge is 0.477 e. The Labute approximate surface area is 124 Å². The highest BCUT2D eigenvalue weighted by Crippen LogP contribution is 2.10. The van der Waals surface area contributed by atoms with Crippen LogP contribution in [-0.2, 0) is 10.0 Å². The maximum absolute atomic E-state index is 11.7. The van der Waals surface area contributed by atoms with Crippen LogP contribution in [0.15, 0.2) is 22.6 Å². The predicted octanol–water partition coefficient (Wildman–Crippen LogP) is 0.888. The van der Waals surface area contributed by atoms with Crippen LogP contribution in [0, 0.1) is 17.2 Å². The highest BCUT2D eigenvalue weighted by molar-refractivity contribution is 7.90. The van der Waals surface area contributed by atoms with Crippen LogP contribution >= 0.6 is 0 Å². The first-order chi connectivity index (χ1) is 9.82. The molecule has 7 nitrogen and oxygen atoms in total. The third-order valence-electron chi connectivity index (χ3n) is 2.29. The minimum atomic E-state index is -3.52. The second kappa shape index (κ2) is 7.59. The number of hydrogen-bond donors (Lipinski definition) is 0. The SMILES string of the molecule is CC(COc1cccc(C#N)n1)CS(=O)(=O)/N=C/N(C)C. The highest BCUT2D eigenvalue weighted by atomic mass is 32.2. The molecule has 0 saturated carbocycles. The number of nitrogens with zero attached hydrogens (tertiary/aromatic N) is 4. The first kappa shape index (κ1) is 16.9. The molecule has 1 rings (SSSR count). The fourth-order valence-electron chi connectivity index (χ4n) is 1.40. The van der Waals surface area contributed by atoms with Gasteiger partial charge in [0.2, 0.25) is 5.88 Å². The number of pyridine rings is 1. The Hall–Kier alpha value is -2.14. The van der Waals surface area contributed by atoms with Crippen molar-refractivity contribution in [3.05, 3.63) is 23.9 Å². The highest BCUT2D eigenvalue weighted by Gasteiger charge is 2.15. The van der Waals surface area contributed by atoms with Crippen molar-refractivity contribution in [3.63, 3.8) is 0 Å². The molecule has 1 unspecified atom stereocenters.